The first kappa shape index (κ1) is 22.7. The van der Waals surface area contributed by atoms with Crippen molar-refractivity contribution in [3.63, 3.8) is 0 Å². The first-order valence-corrected chi connectivity index (χ1v) is 11.2. The smallest absolute Gasteiger partial charge is 0.266 e. The Morgan fingerprint density at radius 1 is 1.10 bits per heavy atom. The molecule has 0 aliphatic carbocycles. The lowest BCUT2D eigenvalue weighted by atomic mass is 10.0. The fraction of sp³-hybridized carbons (Fsp3) is 0.333. The van der Waals surface area contributed by atoms with Crippen LogP contribution in [0.15, 0.2) is 52.4 Å². The standard InChI is InChI=1S/C24H27N3O3S/c1-14(2)22(17(5)28)26-21(29)13-31-24-25-20-9-7-6-8-19(20)23(30)27(24)18-11-15(3)10-16(4)12-18/h6-12,14,22H,13H2,1-5H3,(H,26,29). The number of carbonyl (C=O) groups excluding carboxylic acids is 2. The van der Waals surface area contributed by atoms with Crippen molar-refractivity contribution >= 4 is 34.4 Å². The van der Waals surface area contributed by atoms with Crippen LogP contribution < -0.4 is 10.9 Å². The van der Waals surface area contributed by atoms with Crippen LogP contribution in [-0.2, 0) is 9.59 Å². The van der Waals surface area contributed by atoms with Crippen LogP contribution in [0.3, 0.4) is 0 Å². The van der Waals surface area contributed by atoms with Crippen LogP contribution in [0.25, 0.3) is 16.6 Å². The number of aromatic nitrogens is 2. The summed E-state index contributed by atoms with van der Waals surface area (Å²) in [7, 11) is 0. The highest BCUT2D eigenvalue weighted by Gasteiger charge is 2.21. The lowest BCUT2D eigenvalue weighted by Crippen LogP contribution is -2.44. The van der Waals surface area contributed by atoms with Crippen molar-refractivity contribution in [2.24, 2.45) is 5.92 Å². The zero-order chi connectivity index (χ0) is 22.7. The number of ketones is 1. The topological polar surface area (TPSA) is 81.1 Å². The fourth-order valence-corrected chi connectivity index (χ4v) is 4.42. The predicted molar refractivity (Wildman–Crippen MR) is 125 cm³/mol. The minimum absolute atomic E-state index is 0.00121. The van der Waals surface area contributed by atoms with E-state index in [1.54, 1.807) is 16.7 Å². The molecule has 1 heterocycles. The van der Waals surface area contributed by atoms with Crippen molar-refractivity contribution in [3.05, 3.63) is 63.9 Å². The molecule has 2 aromatic carbocycles. The van der Waals surface area contributed by atoms with Gasteiger partial charge in [0.2, 0.25) is 5.91 Å². The zero-order valence-corrected chi connectivity index (χ0v) is 19.2. The molecule has 0 spiro atoms. The maximum atomic E-state index is 13.3. The largest absolute Gasteiger partial charge is 0.345 e. The Morgan fingerprint density at radius 3 is 2.35 bits per heavy atom. The van der Waals surface area contributed by atoms with Crippen LogP contribution in [0.2, 0.25) is 0 Å². The lowest BCUT2D eigenvalue weighted by Gasteiger charge is -2.19. The summed E-state index contributed by atoms with van der Waals surface area (Å²) in [6.07, 6.45) is 0. The minimum Gasteiger partial charge on any atom is -0.345 e. The SMILES string of the molecule is CC(=O)C(NC(=O)CSc1nc2ccccc2c(=O)n1-c1cc(C)cc(C)c1)C(C)C. The second-order valence-corrected chi connectivity index (χ2v) is 9.03. The number of aryl methyl sites for hydroxylation is 2. The normalized spacial score (nSPS) is 12.2. The Kier molecular flexibility index (Phi) is 6.95. The first-order valence-electron chi connectivity index (χ1n) is 10.2. The summed E-state index contributed by atoms with van der Waals surface area (Å²) in [5.74, 6) is -0.303. The minimum atomic E-state index is -0.528. The van der Waals surface area contributed by atoms with Crippen molar-refractivity contribution in [1.82, 2.24) is 14.9 Å². The molecule has 0 aliphatic heterocycles. The maximum Gasteiger partial charge on any atom is 0.266 e. The van der Waals surface area contributed by atoms with Crippen LogP contribution in [0.4, 0.5) is 0 Å². The molecule has 0 saturated carbocycles. The van der Waals surface area contributed by atoms with Gasteiger partial charge in [-0.2, -0.15) is 0 Å². The number of hydrogen-bond donors (Lipinski definition) is 1. The Balaban J connectivity index is 2.00. The molecule has 3 rings (SSSR count). The number of amides is 1. The van der Waals surface area contributed by atoms with E-state index in [-0.39, 0.29) is 28.9 Å². The van der Waals surface area contributed by atoms with E-state index in [0.29, 0.717) is 21.7 Å². The molecule has 0 saturated heterocycles. The van der Waals surface area contributed by atoms with Gasteiger partial charge in [0, 0.05) is 0 Å². The molecular weight excluding hydrogens is 410 g/mol. The zero-order valence-electron chi connectivity index (χ0n) is 18.4. The molecule has 0 fully saturated rings. The summed E-state index contributed by atoms with van der Waals surface area (Å²) in [6.45, 7) is 9.21. The number of thioether (sulfide) groups is 1. The average Bonchev–Trinajstić information content (AvgIpc) is 2.69. The van der Waals surface area contributed by atoms with E-state index in [2.05, 4.69) is 10.3 Å². The summed E-state index contributed by atoms with van der Waals surface area (Å²) in [4.78, 5) is 42.4. The van der Waals surface area contributed by atoms with E-state index in [0.717, 1.165) is 11.1 Å². The number of benzene rings is 2. The molecule has 3 aromatic rings. The second kappa shape index (κ2) is 9.47. The molecule has 1 atom stereocenters. The van der Waals surface area contributed by atoms with Gasteiger partial charge < -0.3 is 5.32 Å². The van der Waals surface area contributed by atoms with Crippen LogP contribution >= 0.6 is 11.8 Å². The second-order valence-electron chi connectivity index (χ2n) is 8.09. The number of nitrogens with one attached hydrogen (secondary N) is 1. The van der Waals surface area contributed by atoms with Gasteiger partial charge in [0.1, 0.15) is 0 Å². The average molecular weight is 438 g/mol. The Labute approximate surface area is 186 Å². The Morgan fingerprint density at radius 2 is 1.74 bits per heavy atom. The van der Waals surface area contributed by atoms with Crippen LogP contribution in [0.5, 0.6) is 0 Å². The summed E-state index contributed by atoms with van der Waals surface area (Å²) in [5, 5.41) is 3.75. The molecule has 1 N–H and O–H groups in total. The van der Waals surface area contributed by atoms with Gasteiger partial charge in [-0.1, -0.05) is 43.8 Å². The monoisotopic (exact) mass is 437 g/mol. The first-order chi connectivity index (χ1) is 14.7. The molecule has 0 bridgehead atoms. The van der Waals surface area contributed by atoms with Crippen molar-refractivity contribution < 1.29 is 9.59 Å². The molecule has 1 amide bonds. The number of hydrogen-bond acceptors (Lipinski definition) is 5. The highest BCUT2D eigenvalue weighted by atomic mass is 32.2. The van der Waals surface area contributed by atoms with Crippen LogP contribution in [0.1, 0.15) is 31.9 Å². The Bertz CT molecular complexity index is 1180. The van der Waals surface area contributed by atoms with E-state index < -0.39 is 6.04 Å². The number of Topliss-reactive ketones (excluding diaryl/α,β-unsaturated/α-hetero) is 1. The van der Waals surface area contributed by atoms with Crippen molar-refractivity contribution in [1.29, 1.82) is 0 Å². The summed E-state index contributed by atoms with van der Waals surface area (Å²) in [6, 6.07) is 12.6. The molecule has 31 heavy (non-hydrogen) atoms. The van der Waals surface area contributed by atoms with Crippen molar-refractivity contribution in [2.45, 2.75) is 45.8 Å². The molecule has 162 valence electrons. The van der Waals surface area contributed by atoms with Crippen molar-refractivity contribution in [3.8, 4) is 5.69 Å². The third-order valence-corrected chi connectivity index (χ3v) is 5.90. The molecular formula is C24H27N3O3S. The van der Waals surface area contributed by atoms with E-state index in [9.17, 15) is 14.4 Å². The Hall–Kier alpha value is -2.93. The molecule has 7 heteroatoms. The number of rotatable bonds is 7. The third-order valence-electron chi connectivity index (χ3n) is 4.96. The molecule has 1 aromatic heterocycles. The van der Waals surface area contributed by atoms with Crippen LogP contribution in [0, 0.1) is 19.8 Å². The number of para-hydroxylation sites is 1. The summed E-state index contributed by atoms with van der Waals surface area (Å²) >= 11 is 1.18. The van der Waals surface area contributed by atoms with E-state index in [1.807, 2.05) is 58.0 Å². The van der Waals surface area contributed by atoms with E-state index >= 15 is 0 Å². The van der Waals surface area contributed by atoms with Gasteiger partial charge in [0.15, 0.2) is 10.9 Å². The fourth-order valence-electron chi connectivity index (χ4n) is 3.60. The number of carbonyl (C=O) groups is 2. The number of fused-ring (bicyclic) bond motifs is 1. The predicted octanol–water partition coefficient (Wildman–Crippen LogP) is 3.82. The van der Waals surface area contributed by atoms with Gasteiger partial charge >= 0.3 is 0 Å². The summed E-state index contributed by atoms with van der Waals surface area (Å²) < 4.78 is 1.56. The maximum absolute atomic E-state index is 13.3. The van der Waals surface area contributed by atoms with Crippen molar-refractivity contribution in [2.75, 3.05) is 5.75 Å². The van der Waals surface area contributed by atoms with E-state index in [1.165, 1.54) is 18.7 Å². The van der Waals surface area contributed by atoms with Gasteiger partial charge in [-0.15, -0.1) is 0 Å². The lowest BCUT2D eigenvalue weighted by molar-refractivity contribution is -0.126. The quantitative estimate of drug-likeness (QED) is 0.449. The molecule has 0 aliphatic rings. The van der Waals surface area contributed by atoms with Gasteiger partial charge in [0.05, 0.1) is 28.4 Å². The van der Waals surface area contributed by atoms with Crippen LogP contribution in [-0.4, -0.2) is 33.0 Å². The van der Waals surface area contributed by atoms with E-state index in [4.69, 9.17) is 0 Å². The molecule has 6 nitrogen and oxygen atoms in total. The highest BCUT2D eigenvalue weighted by molar-refractivity contribution is 7.99. The third kappa shape index (κ3) is 5.22. The highest BCUT2D eigenvalue weighted by Crippen LogP contribution is 2.23. The molecule has 1 unspecified atom stereocenters. The van der Waals surface area contributed by atoms with Gasteiger partial charge in [0.25, 0.3) is 5.56 Å². The summed E-state index contributed by atoms with van der Waals surface area (Å²) in [5.41, 5.74) is 3.18. The van der Waals surface area contributed by atoms with Gasteiger partial charge in [-0.25, -0.2) is 4.98 Å². The van der Waals surface area contributed by atoms with Gasteiger partial charge in [-0.3, -0.25) is 19.0 Å². The van der Waals surface area contributed by atoms with Gasteiger partial charge in [-0.05, 0) is 62.1 Å². The molecule has 0 radical (unpaired) electrons. The number of nitrogens with zero attached hydrogens (tertiary/aromatic N) is 2.